The maximum atomic E-state index is 5.60. The van der Waals surface area contributed by atoms with Crippen LogP contribution in [0.4, 0.5) is 0 Å². The molecule has 2 N–H and O–H groups in total. The fraction of sp³-hybridized carbons (Fsp3) is 0.650. The number of benzene rings is 1. The molecule has 0 aliphatic heterocycles. The molecule has 0 radical (unpaired) electrons. The third kappa shape index (κ3) is 7.90. The summed E-state index contributed by atoms with van der Waals surface area (Å²) in [5.74, 6) is 2.54. The Balaban J connectivity index is 0.00000729. The van der Waals surface area contributed by atoms with Crippen molar-refractivity contribution in [2.75, 3.05) is 41.5 Å². The van der Waals surface area contributed by atoms with Gasteiger partial charge in [-0.1, -0.05) is 20.8 Å². The standard InChI is InChI=1S/C20H35N3O4.HI/c1-9-21-19(23-13-17(26-7)20(2,3)4)22-12-14-10-15(24-5)18(27-8)16(11-14)25-6;/h10-11,17H,9,12-13H2,1-8H3,(H2,21,22,23);1H. The van der Waals surface area contributed by atoms with Gasteiger partial charge in [-0.15, -0.1) is 24.0 Å². The Morgan fingerprint density at radius 1 is 1.00 bits per heavy atom. The molecule has 7 nitrogen and oxygen atoms in total. The van der Waals surface area contributed by atoms with Gasteiger partial charge >= 0.3 is 0 Å². The first kappa shape index (κ1) is 26.6. The molecule has 0 spiro atoms. The van der Waals surface area contributed by atoms with Crippen LogP contribution in [-0.2, 0) is 11.3 Å². The number of nitrogens with one attached hydrogen (secondary N) is 2. The fourth-order valence-corrected chi connectivity index (χ4v) is 2.67. The van der Waals surface area contributed by atoms with Crippen molar-refractivity contribution < 1.29 is 18.9 Å². The summed E-state index contributed by atoms with van der Waals surface area (Å²) in [6.07, 6.45) is 0.0718. The highest BCUT2D eigenvalue weighted by Gasteiger charge is 2.24. The minimum Gasteiger partial charge on any atom is -0.493 e. The summed E-state index contributed by atoms with van der Waals surface area (Å²) >= 11 is 0. The first-order chi connectivity index (χ1) is 12.8. The molecule has 0 saturated heterocycles. The number of ether oxygens (including phenoxy) is 4. The van der Waals surface area contributed by atoms with Gasteiger partial charge in [-0.05, 0) is 30.0 Å². The van der Waals surface area contributed by atoms with Crippen LogP contribution in [0.25, 0.3) is 0 Å². The van der Waals surface area contributed by atoms with Gasteiger partial charge in [0.2, 0.25) is 5.75 Å². The molecule has 1 aromatic carbocycles. The molecular weight excluding hydrogens is 473 g/mol. The third-order valence-corrected chi connectivity index (χ3v) is 4.19. The quantitative estimate of drug-likeness (QED) is 0.302. The van der Waals surface area contributed by atoms with Crippen LogP contribution in [0.5, 0.6) is 17.2 Å². The van der Waals surface area contributed by atoms with E-state index in [0.29, 0.717) is 30.3 Å². The van der Waals surface area contributed by atoms with Crippen molar-refractivity contribution in [2.24, 2.45) is 10.4 Å². The minimum absolute atomic E-state index is 0. The van der Waals surface area contributed by atoms with Gasteiger partial charge in [-0.2, -0.15) is 0 Å². The van der Waals surface area contributed by atoms with E-state index >= 15 is 0 Å². The summed E-state index contributed by atoms with van der Waals surface area (Å²) in [6.45, 7) is 10.4. The van der Waals surface area contributed by atoms with Gasteiger partial charge in [0, 0.05) is 20.2 Å². The van der Waals surface area contributed by atoms with Gasteiger partial charge < -0.3 is 29.6 Å². The van der Waals surface area contributed by atoms with E-state index in [-0.39, 0.29) is 35.5 Å². The summed E-state index contributed by atoms with van der Waals surface area (Å²) < 4.78 is 21.8. The molecule has 1 atom stereocenters. The summed E-state index contributed by atoms with van der Waals surface area (Å²) in [5, 5.41) is 6.61. The van der Waals surface area contributed by atoms with Crippen molar-refractivity contribution in [2.45, 2.75) is 40.3 Å². The molecule has 0 aromatic heterocycles. The molecule has 0 amide bonds. The van der Waals surface area contributed by atoms with E-state index in [2.05, 4.69) is 36.4 Å². The number of hydrogen-bond donors (Lipinski definition) is 2. The topological polar surface area (TPSA) is 73.3 Å². The molecule has 1 aromatic rings. The van der Waals surface area contributed by atoms with Crippen LogP contribution in [0.2, 0.25) is 0 Å². The SMILES string of the molecule is CCNC(=NCc1cc(OC)c(OC)c(OC)c1)NCC(OC)C(C)(C)C.I. The summed E-state index contributed by atoms with van der Waals surface area (Å²) in [7, 11) is 6.53. The summed E-state index contributed by atoms with van der Waals surface area (Å²) in [4.78, 5) is 4.67. The minimum atomic E-state index is 0. The number of methoxy groups -OCH3 is 4. The second kappa shape index (κ2) is 12.9. The lowest BCUT2D eigenvalue weighted by atomic mass is 9.89. The van der Waals surface area contributed by atoms with E-state index in [4.69, 9.17) is 18.9 Å². The Bertz CT molecular complexity index is 593. The zero-order valence-electron chi connectivity index (χ0n) is 18.3. The Morgan fingerprint density at radius 2 is 1.57 bits per heavy atom. The summed E-state index contributed by atoms with van der Waals surface area (Å²) in [6, 6.07) is 3.81. The van der Waals surface area contributed by atoms with Gasteiger partial charge in [0.1, 0.15) is 0 Å². The predicted octanol–water partition coefficient (Wildman–Crippen LogP) is 3.45. The van der Waals surface area contributed by atoms with Crippen LogP contribution in [0.15, 0.2) is 17.1 Å². The number of aliphatic imine (C=N–C) groups is 1. The zero-order chi connectivity index (χ0) is 20.4. The average molecular weight is 509 g/mol. The molecule has 162 valence electrons. The fourth-order valence-electron chi connectivity index (χ4n) is 2.67. The predicted molar refractivity (Wildman–Crippen MR) is 125 cm³/mol. The maximum Gasteiger partial charge on any atom is 0.203 e. The van der Waals surface area contributed by atoms with Gasteiger partial charge in [0.15, 0.2) is 17.5 Å². The lowest BCUT2D eigenvalue weighted by molar-refractivity contribution is 0.0205. The van der Waals surface area contributed by atoms with Crippen LogP contribution in [0.3, 0.4) is 0 Å². The number of halogens is 1. The second-order valence-electron chi connectivity index (χ2n) is 7.20. The Morgan fingerprint density at radius 3 is 1.96 bits per heavy atom. The number of nitrogens with zero attached hydrogens (tertiary/aromatic N) is 1. The van der Waals surface area contributed by atoms with E-state index < -0.39 is 0 Å². The monoisotopic (exact) mass is 509 g/mol. The van der Waals surface area contributed by atoms with Crippen molar-refractivity contribution >= 4 is 29.9 Å². The Hall–Kier alpha value is -1.42. The van der Waals surface area contributed by atoms with Crippen LogP contribution >= 0.6 is 24.0 Å². The Labute approximate surface area is 186 Å². The van der Waals surface area contributed by atoms with Crippen molar-refractivity contribution in [3.8, 4) is 17.2 Å². The van der Waals surface area contributed by atoms with E-state index in [1.54, 1.807) is 28.4 Å². The molecule has 0 bridgehead atoms. The molecule has 0 aliphatic carbocycles. The van der Waals surface area contributed by atoms with E-state index in [0.717, 1.165) is 18.1 Å². The molecular formula is C20H36IN3O4. The number of hydrogen-bond acceptors (Lipinski definition) is 5. The highest BCUT2D eigenvalue weighted by molar-refractivity contribution is 14.0. The van der Waals surface area contributed by atoms with Crippen LogP contribution in [0.1, 0.15) is 33.3 Å². The molecule has 0 fully saturated rings. The number of guanidine groups is 1. The highest BCUT2D eigenvalue weighted by Crippen LogP contribution is 2.38. The lowest BCUT2D eigenvalue weighted by Gasteiger charge is -2.30. The van der Waals surface area contributed by atoms with Crippen molar-refractivity contribution in [3.63, 3.8) is 0 Å². The molecule has 1 rings (SSSR count). The van der Waals surface area contributed by atoms with E-state index in [1.807, 2.05) is 19.1 Å². The van der Waals surface area contributed by atoms with Gasteiger partial charge in [0.25, 0.3) is 0 Å². The first-order valence-corrected chi connectivity index (χ1v) is 9.14. The molecule has 28 heavy (non-hydrogen) atoms. The average Bonchev–Trinajstić information content (AvgIpc) is 2.64. The smallest absolute Gasteiger partial charge is 0.203 e. The zero-order valence-corrected chi connectivity index (χ0v) is 20.7. The largest absolute Gasteiger partial charge is 0.493 e. The van der Waals surface area contributed by atoms with Crippen LogP contribution < -0.4 is 24.8 Å². The molecule has 0 heterocycles. The molecule has 0 saturated carbocycles. The van der Waals surface area contributed by atoms with Crippen LogP contribution in [-0.4, -0.2) is 53.6 Å². The third-order valence-electron chi connectivity index (χ3n) is 4.19. The highest BCUT2D eigenvalue weighted by atomic mass is 127. The van der Waals surface area contributed by atoms with Crippen molar-refractivity contribution in [3.05, 3.63) is 17.7 Å². The molecule has 0 aliphatic rings. The molecule has 1 unspecified atom stereocenters. The first-order valence-electron chi connectivity index (χ1n) is 9.14. The van der Waals surface area contributed by atoms with E-state index in [9.17, 15) is 0 Å². The lowest BCUT2D eigenvalue weighted by Crippen LogP contribution is -2.45. The van der Waals surface area contributed by atoms with E-state index in [1.165, 1.54) is 0 Å². The summed E-state index contributed by atoms with van der Waals surface area (Å²) in [5.41, 5.74) is 0.997. The maximum absolute atomic E-state index is 5.60. The second-order valence-corrected chi connectivity index (χ2v) is 7.20. The Kier molecular flexibility index (Phi) is 12.3. The number of rotatable bonds is 9. The van der Waals surface area contributed by atoms with Gasteiger partial charge in [-0.3, -0.25) is 0 Å². The molecule has 8 heteroatoms. The van der Waals surface area contributed by atoms with Gasteiger partial charge in [-0.25, -0.2) is 4.99 Å². The normalized spacial score (nSPS) is 12.6. The van der Waals surface area contributed by atoms with Crippen molar-refractivity contribution in [1.82, 2.24) is 10.6 Å². The van der Waals surface area contributed by atoms with Gasteiger partial charge in [0.05, 0.1) is 34.0 Å². The van der Waals surface area contributed by atoms with Crippen LogP contribution in [0, 0.1) is 5.41 Å². The van der Waals surface area contributed by atoms with Crippen molar-refractivity contribution in [1.29, 1.82) is 0 Å².